The van der Waals surface area contributed by atoms with Gasteiger partial charge in [-0.25, -0.2) is 13.1 Å². The quantitative estimate of drug-likeness (QED) is 0.658. The van der Waals surface area contributed by atoms with Gasteiger partial charge in [0.1, 0.15) is 0 Å². The van der Waals surface area contributed by atoms with Gasteiger partial charge in [0.05, 0.1) is 4.90 Å². The average molecular weight is 412 g/mol. The molecule has 8 heteroatoms. The zero-order valence-electron chi connectivity index (χ0n) is 15.9. The number of aryl methyl sites for hydroxylation is 1. The molecule has 0 atom stereocenters. The lowest BCUT2D eigenvalue weighted by Crippen LogP contribution is -2.41. The van der Waals surface area contributed by atoms with Gasteiger partial charge in [0.15, 0.2) is 0 Å². The molecular weight excluding hydrogens is 386 g/mol. The maximum absolute atomic E-state index is 12.6. The summed E-state index contributed by atoms with van der Waals surface area (Å²) in [6.45, 7) is 7.24. The summed E-state index contributed by atoms with van der Waals surface area (Å²) in [5.74, 6) is -0.300. The highest BCUT2D eigenvalue weighted by Crippen LogP contribution is 2.18. The zero-order chi connectivity index (χ0) is 19.5. The summed E-state index contributed by atoms with van der Waals surface area (Å²) in [6.07, 6.45) is 0. The Hall–Kier alpha value is -2.09. The zero-order valence-corrected chi connectivity index (χ0v) is 17.5. The number of nitrogen functional groups attached to an aromatic ring is 1. The van der Waals surface area contributed by atoms with Crippen LogP contribution in [-0.2, 0) is 16.6 Å². The van der Waals surface area contributed by atoms with E-state index in [1.807, 2.05) is 6.92 Å². The minimum Gasteiger partial charge on any atom is -0.399 e. The fourth-order valence-electron chi connectivity index (χ4n) is 2.53. The van der Waals surface area contributed by atoms with Crippen LogP contribution in [0.3, 0.4) is 0 Å². The topological polar surface area (TPSA) is 101 Å². The lowest BCUT2D eigenvalue weighted by Gasteiger charge is -2.21. The van der Waals surface area contributed by atoms with E-state index < -0.39 is 15.6 Å². The molecule has 0 aromatic heterocycles. The van der Waals surface area contributed by atoms with Crippen molar-refractivity contribution in [3.63, 3.8) is 0 Å². The molecule has 0 aliphatic rings. The standard InChI is InChI=1S/C19H25N3O3S.ClH/c1-13-9-10-15(20)11-16(13)18(23)21-12-14-7-5-6-8-17(14)26(24,25)22-19(2,3)4;/h5-11,22H,12,20H2,1-4H3,(H,21,23);1H. The van der Waals surface area contributed by atoms with Crippen molar-refractivity contribution in [3.05, 3.63) is 59.2 Å². The Labute approximate surface area is 167 Å². The second-order valence-corrected chi connectivity index (χ2v) is 8.87. The number of hydrogen-bond acceptors (Lipinski definition) is 4. The molecule has 2 aromatic rings. The molecule has 0 aliphatic carbocycles. The lowest BCUT2D eigenvalue weighted by molar-refractivity contribution is 0.0950. The largest absolute Gasteiger partial charge is 0.399 e. The predicted octanol–water partition coefficient (Wildman–Crippen LogP) is 3.01. The number of halogens is 1. The summed E-state index contributed by atoms with van der Waals surface area (Å²) in [7, 11) is -3.70. The van der Waals surface area contributed by atoms with E-state index in [-0.39, 0.29) is 29.8 Å². The third-order valence-electron chi connectivity index (χ3n) is 3.65. The molecule has 27 heavy (non-hydrogen) atoms. The first-order valence-electron chi connectivity index (χ1n) is 8.26. The molecule has 2 rings (SSSR count). The Bertz CT molecular complexity index is 922. The van der Waals surface area contributed by atoms with Crippen LogP contribution in [0.5, 0.6) is 0 Å². The van der Waals surface area contributed by atoms with E-state index >= 15 is 0 Å². The number of nitrogens with one attached hydrogen (secondary N) is 2. The fourth-order valence-corrected chi connectivity index (χ4v) is 4.18. The van der Waals surface area contributed by atoms with Gasteiger partial charge in [0, 0.05) is 23.3 Å². The smallest absolute Gasteiger partial charge is 0.251 e. The van der Waals surface area contributed by atoms with Crippen LogP contribution in [0.2, 0.25) is 0 Å². The van der Waals surface area contributed by atoms with Crippen LogP contribution >= 0.6 is 12.4 Å². The molecule has 0 heterocycles. The summed E-state index contributed by atoms with van der Waals surface area (Å²) in [4.78, 5) is 12.6. The van der Waals surface area contributed by atoms with Gasteiger partial charge in [-0.1, -0.05) is 24.3 Å². The first-order chi connectivity index (χ1) is 12.0. The monoisotopic (exact) mass is 411 g/mol. The maximum atomic E-state index is 12.6. The van der Waals surface area contributed by atoms with Crippen molar-refractivity contribution >= 4 is 34.0 Å². The number of rotatable bonds is 5. The predicted molar refractivity (Wildman–Crippen MR) is 111 cm³/mol. The highest BCUT2D eigenvalue weighted by Gasteiger charge is 2.24. The number of carbonyl (C=O) groups excluding carboxylic acids is 1. The van der Waals surface area contributed by atoms with Crippen LogP contribution in [0, 0.1) is 6.92 Å². The molecule has 6 nitrogen and oxygen atoms in total. The molecule has 0 fully saturated rings. The second kappa shape index (κ2) is 8.73. The van der Waals surface area contributed by atoms with E-state index in [0.717, 1.165) is 5.56 Å². The average Bonchev–Trinajstić information content (AvgIpc) is 2.53. The Balaban J connectivity index is 0.00000364. The third-order valence-corrected chi connectivity index (χ3v) is 5.51. The Morgan fingerprint density at radius 1 is 1.11 bits per heavy atom. The van der Waals surface area contributed by atoms with Gasteiger partial charge in [-0.2, -0.15) is 0 Å². The fraction of sp³-hybridized carbons (Fsp3) is 0.316. The van der Waals surface area contributed by atoms with Crippen molar-refractivity contribution in [2.24, 2.45) is 0 Å². The van der Waals surface area contributed by atoms with Gasteiger partial charge in [-0.15, -0.1) is 12.4 Å². The summed E-state index contributed by atoms with van der Waals surface area (Å²) < 4.78 is 27.9. The van der Waals surface area contributed by atoms with E-state index in [1.54, 1.807) is 57.2 Å². The first kappa shape index (κ1) is 23.0. The molecule has 2 aromatic carbocycles. The van der Waals surface area contributed by atoms with E-state index in [1.165, 1.54) is 6.07 Å². The summed E-state index contributed by atoms with van der Waals surface area (Å²) >= 11 is 0. The molecular formula is C19H26ClN3O3S. The maximum Gasteiger partial charge on any atom is 0.251 e. The number of benzene rings is 2. The number of carbonyl (C=O) groups is 1. The molecule has 1 amide bonds. The van der Waals surface area contributed by atoms with Crippen LogP contribution in [0.1, 0.15) is 42.3 Å². The minimum atomic E-state index is -3.70. The Morgan fingerprint density at radius 2 is 1.74 bits per heavy atom. The summed E-state index contributed by atoms with van der Waals surface area (Å²) in [6, 6.07) is 11.7. The number of hydrogen-bond donors (Lipinski definition) is 3. The van der Waals surface area contributed by atoms with Gasteiger partial charge in [0.2, 0.25) is 10.0 Å². The van der Waals surface area contributed by atoms with Crippen molar-refractivity contribution in [2.45, 2.75) is 44.7 Å². The van der Waals surface area contributed by atoms with Gasteiger partial charge >= 0.3 is 0 Å². The van der Waals surface area contributed by atoms with E-state index in [9.17, 15) is 13.2 Å². The van der Waals surface area contributed by atoms with Crippen molar-refractivity contribution in [2.75, 3.05) is 5.73 Å². The van der Waals surface area contributed by atoms with Crippen LogP contribution in [0.4, 0.5) is 5.69 Å². The molecule has 4 N–H and O–H groups in total. The summed E-state index contributed by atoms with van der Waals surface area (Å²) in [5, 5.41) is 2.77. The minimum absolute atomic E-state index is 0. The number of nitrogens with two attached hydrogens (primary N) is 1. The van der Waals surface area contributed by atoms with Gasteiger partial charge < -0.3 is 11.1 Å². The molecule has 148 valence electrons. The summed E-state index contributed by atoms with van der Waals surface area (Å²) in [5.41, 5.74) is 7.42. The van der Waals surface area contributed by atoms with Crippen LogP contribution in [-0.4, -0.2) is 19.9 Å². The molecule has 0 aliphatic heterocycles. The number of anilines is 1. The van der Waals surface area contributed by atoms with Crippen molar-refractivity contribution < 1.29 is 13.2 Å². The SMILES string of the molecule is Cc1ccc(N)cc1C(=O)NCc1ccccc1S(=O)(=O)NC(C)(C)C.Cl. The van der Waals surface area contributed by atoms with Crippen molar-refractivity contribution in [3.8, 4) is 0 Å². The molecule has 0 saturated carbocycles. The van der Waals surface area contributed by atoms with Gasteiger partial charge in [0.25, 0.3) is 5.91 Å². The van der Waals surface area contributed by atoms with Crippen molar-refractivity contribution in [1.82, 2.24) is 10.0 Å². The van der Waals surface area contributed by atoms with Gasteiger partial charge in [-0.3, -0.25) is 4.79 Å². The first-order valence-corrected chi connectivity index (χ1v) is 9.74. The Kier molecular flexibility index (Phi) is 7.42. The van der Waals surface area contributed by atoms with E-state index in [2.05, 4.69) is 10.0 Å². The van der Waals surface area contributed by atoms with E-state index in [0.29, 0.717) is 16.8 Å². The third kappa shape index (κ3) is 6.23. The van der Waals surface area contributed by atoms with E-state index in [4.69, 9.17) is 5.73 Å². The van der Waals surface area contributed by atoms with Crippen LogP contribution in [0.25, 0.3) is 0 Å². The number of sulfonamides is 1. The Morgan fingerprint density at radius 3 is 2.37 bits per heavy atom. The lowest BCUT2D eigenvalue weighted by atomic mass is 10.1. The molecule has 0 saturated heterocycles. The molecule has 0 unspecified atom stereocenters. The van der Waals surface area contributed by atoms with Crippen LogP contribution < -0.4 is 15.8 Å². The van der Waals surface area contributed by atoms with Crippen molar-refractivity contribution in [1.29, 1.82) is 0 Å². The molecule has 0 bridgehead atoms. The van der Waals surface area contributed by atoms with Gasteiger partial charge in [-0.05, 0) is 57.0 Å². The molecule has 0 spiro atoms. The highest BCUT2D eigenvalue weighted by atomic mass is 35.5. The highest BCUT2D eigenvalue weighted by molar-refractivity contribution is 7.89. The molecule has 0 radical (unpaired) electrons. The number of amides is 1. The second-order valence-electron chi connectivity index (χ2n) is 7.22. The van der Waals surface area contributed by atoms with Crippen LogP contribution in [0.15, 0.2) is 47.4 Å². The normalized spacial score (nSPS) is 11.6.